The van der Waals surface area contributed by atoms with Crippen LogP contribution >= 0.6 is 22.9 Å². The molecule has 1 N–H and O–H groups in total. The maximum absolute atomic E-state index is 13.4. The quantitative estimate of drug-likeness (QED) is 0.598. The molecule has 0 bridgehead atoms. The van der Waals surface area contributed by atoms with Crippen molar-refractivity contribution in [3.63, 3.8) is 0 Å². The molecule has 0 unspecified atom stereocenters. The van der Waals surface area contributed by atoms with Crippen molar-refractivity contribution in [1.29, 1.82) is 0 Å². The Morgan fingerprint density at radius 1 is 1.25 bits per heavy atom. The molecule has 1 amide bonds. The predicted molar refractivity (Wildman–Crippen MR) is 123 cm³/mol. The minimum atomic E-state index is -4.13. The standard InChI is InChI=1S/C20H17ClFN5O3S2/c1-11-6-18(31-19(11)12-9-23-26(2)10-12)16-8-17(27(3)32(29,30)25-16)20(28)24-13-4-5-15(22)14(21)7-13/h4-10H,1-3H3,(H,24,28). The molecule has 4 rings (SSSR count). The van der Waals surface area contributed by atoms with Gasteiger partial charge in [0, 0.05) is 36.4 Å². The average Bonchev–Trinajstić information content (AvgIpc) is 3.32. The van der Waals surface area contributed by atoms with Crippen molar-refractivity contribution in [1.82, 2.24) is 14.1 Å². The van der Waals surface area contributed by atoms with Gasteiger partial charge in [0.05, 0.1) is 21.8 Å². The second kappa shape index (κ2) is 8.15. The summed E-state index contributed by atoms with van der Waals surface area (Å²) in [5.41, 5.74) is 2.06. The fraction of sp³-hybridized carbons (Fsp3) is 0.150. The van der Waals surface area contributed by atoms with Crippen LogP contribution in [0, 0.1) is 12.7 Å². The van der Waals surface area contributed by atoms with Crippen LogP contribution in [0.15, 0.2) is 52.8 Å². The highest BCUT2D eigenvalue weighted by molar-refractivity contribution is 7.88. The molecular weight excluding hydrogens is 477 g/mol. The van der Waals surface area contributed by atoms with E-state index in [1.165, 1.54) is 36.6 Å². The second-order valence-electron chi connectivity index (χ2n) is 7.06. The Morgan fingerprint density at radius 3 is 2.66 bits per heavy atom. The van der Waals surface area contributed by atoms with Crippen LogP contribution in [0.25, 0.3) is 10.4 Å². The molecule has 2 aromatic heterocycles. The highest BCUT2D eigenvalue weighted by Crippen LogP contribution is 2.34. The number of thiophene rings is 1. The molecule has 0 saturated carbocycles. The predicted octanol–water partition coefficient (Wildman–Crippen LogP) is 3.75. The molecule has 0 fully saturated rings. The molecule has 3 heterocycles. The van der Waals surface area contributed by atoms with Gasteiger partial charge in [-0.2, -0.15) is 13.5 Å². The summed E-state index contributed by atoms with van der Waals surface area (Å²) in [5.74, 6) is -1.33. The molecule has 166 valence electrons. The van der Waals surface area contributed by atoms with Crippen molar-refractivity contribution in [2.45, 2.75) is 6.92 Å². The monoisotopic (exact) mass is 493 g/mol. The number of aryl methyl sites for hydroxylation is 2. The van der Waals surface area contributed by atoms with Crippen LogP contribution in [0.2, 0.25) is 5.02 Å². The van der Waals surface area contributed by atoms with Gasteiger partial charge in [-0.15, -0.1) is 15.7 Å². The van der Waals surface area contributed by atoms with Crippen molar-refractivity contribution in [2.75, 3.05) is 12.4 Å². The molecule has 0 saturated heterocycles. The number of rotatable bonds is 4. The van der Waals surface area contributed by atoms with E-state index >= 15 is 0 Å². The van der Waals surface area contributed by atoms with Gasteiger partial charge >= 0.3 is 10.2 Å². The SMILES string of the molecule is Cc1cc(C2=NS(=O)(=O)N(C)C(C(=O)Nc3ccc(F)c(Cl)c3)=C2)sc1-c1cnn(C)c1. The summed E-state index contributed by atoms with van der Waals surface area (Å²) in [6.45, 7) is 1.90. The van der Waals surface area contributed by atoms with Gasteiger partial charge in [-0.25, -0.2) is 8.70 Å². The van der Waals surface area contributed by atoms with E-state index in [0.717, 1.165) is 26.4 Å². The Kier molecular flexibility index (Phi) is 5.65. The van der Waals surface area contributed by atoms with E-state index in [4.69, 9.17) is 11.6 Å². The Bertz CT molecular complexity index is 1410. The van der Waals surface area contributed by atoms with Gasteiger partial charge in [0.15, 0.2) is 0 Å². The normalized spacial score (nSPS) is 15.3. The molecule has 0 radical (unpaired) electrons. The van der Waals surface area contributed by atoms with Crippen LogP contribution in [-0.2, 0) is 22.1 Å². The summed E-state index contributed by atoms with van der Waals surface area (Å²) in [6, 6.07) is 5.49. The minimum Gasteiger partial charge on any atom is -0.321 e. The van der Waals surface area contributed by atoms with Gasteiger partial charge in [0.25, 0.3) is 5.91 Å². The van der Waals surface area contributed by atoms with Gasteiger partial charge < -0.3 is 5.32 Å². The van der Waals surface area contributed by atoms with Crippen molar-refractivity contribution in [3.8, 4) is 10.4 Å². The third-order valence-electron chi connectivity index (χ3n) is 4.72. The Balaban J connectivity index is 1.70. The number of hydrogen-bond acceptors (Lipinski definition) is 5. The maximum Gasteiger partial charge on any atom is 0.345 e. The first-order valence-corrected chi connectivity index (χ1v) is 11.8. The van der Waals surface area contributed by atoms with Crippen molar-refractivity contribution >= 4 is 50.5 Å². The van der Waals surface area contributed by atoms with E-state index in [1.807, 2.05) is 26.2 Å². The number of allylic oxidation sites excluding steroid dienone is 1. The molecule has 1 aliphatic rings. The molecule has 1 aromatic carbocycles. The largest absolute Gasteiger partial charge is 0.345 e. The smallest absolute Gasteiger partial charge is 0.321 e. The Morgan fingerprint density at radius 2 is 2.00 bits per heavy atom. The summed E-state index contributed by atoms with van der Waals surface area (Å²) >= 11 is 7.11. The number of amides is 1. The number of benzene rings is 1. The highest BCUT2D eigenvalue weighted by atomic mass is 35.5. The van der Waals surface area contributed by atoms with Crippen LogP contribution < -0.4 is 5.32 Å². The van der Waals surface area contributed by atoms with Gasteiger partial charge in [-0.05, 0) is 42.8 Å². The molecule has 32 heavy (non-hydrogen) atoms. The lowest BCUT2D eigenvalue weighted by Gasteiger charge is -2.23. The first-order valence-electron chi connectivity index (χ1n) is 9.22. The van der Waals surface area contributed by atoms with Crippen LogP contribution in [0.1, 0.15) is 10.4 Å². The van der Waals surface area contributed by atoms with Gasteiger partial charge in [0.2, 0.25) is 0 Å². The first kappa shape index (κ1) is 22.2. The number of nitrogens with zero attached hydrogens (tertiary/aromatic N) is 4. The second-order valence-corrected chi connectivity index (χ2v) is 10.1. The van der Waals surface area contributed by atoms with Crippen molar-refractivity contribution in [2.24, 2.45) is 11.4 Å². The van der Waals surface area contributed by atoms with Gasteiger partial charge in [0.1, 0.15) is 11.5 Å². The topological polar surface area (TPSA) is 96.7 Å². The van der Waals surface area contributed by atoms with E-state index in [9.17, 15) is 17.6 Å². The van der Waals surface area contributed by atoms with Crippen LogP contribution in [0.5, 0.6) is 0 Å². The number of aromatic nitrogens is 2. The van der Waals surface area contributed by atoms with Gasteiger partial charge in [-0.1, -0.05) is 11.6 Å². The summed E-state index contributed by atoms with van der Waals surface area (Å²) in [7, 11) is -1.08. The number of halogens is 2. The summed E-state index contributed by atoms with van der Waals surface area (Å²) in [4.78, 5) is 14.4. The number of anilines is 1. The molecule has 3 aromatic rings. The third kappa shape index (κ3) is 4.18. The Labute approximate surface area is 192 Å². The Hall–Kier alpha value is -3.02. The number of nitrogens with one attached hydrogen (secondary N) is 1. The van der Waals surface area contributed by atoms with E-state index in [2.05, 4.69) is 14.8 Å². The average molecular weight is 494 g/mol. The number of hydrogen-bond donors (Lipinski definition) is 1. The molecule has 12 heteroatoms. The van der Waals surface area contributed by atoms with Crippen LogP contribution in [0.3, 0.4) is 0 Å². The summed E-state index contributed by atoms with van der Waals surface area (Å²) in [6.07, 6.45) is 4.98. The fourth-order valence-electron chi connectivity index (χ4n) is 3.08. The highest BCUT2D eigenvalue weighted by Gasteiger charge is 2.31. The van der Waals surface area contributed by atoms with Crippen LogP contribution in [-0.4, -0.2) is 41.2 Å². The molecular formula is C20H17ClFN5O3S2. The molecule has 0 aliphatic carbocycles. The van der Waals surface area contributed by atoms with E-state index < -0.39 is 21.9 Å². The zero-order valence-electron chi connectivity index (χ0n) is 17.1. The first-order chi connectivity index (χ1) is 15.0. The zero-order chi connectivity index (χ0) is 23.2. The number of carbonyl (C=O) groups excluding carboxylic acids is 1. The van der Waals surface area contributed by atoms with E-state index in [0.29, 0.717) is 4.88 Å². The lowest BCUT2D eigenvalue weighted by atomic mass is 10.1. The van der Waals surface area contributed by atoms with E-state index in [-0.39, 0.29) is 22.1 Å². The third-order valence-corrected chi connectivity index (χ3v) is 7.63. The lowest BCUT2D eigenvalue weighted by Crippen LogP contribution is -2.35. The van der Waals surface area contributed by atoms with E-state index in [1.54, 1.807) is 10.9 Å². The molecule has 0 spiro atoms. The number of likely N-dealkylation sites (N-methyl/N-ethyl adjacent to an activating group) is 1. The van der Waals surface area contributed by atoms with Crippen molar-refractivity contribution < 1.29 is 17.6 Å². The van der Waals surface area contributed by atoms with Crippen LogP contribution in [0.4, 0.5) is 10.1 Å². The molecule has 1 aliphatic heterocycles. The maximum atomic E-state index is 13.4. The van der Waals surface area contributed by atoms with Crippen molar-refractivity contribution in [3.05, 3.63) is 69.7 Å². The molecule has 8 nitrogen and oxygen atoms in total. The summed E-state index contributed by atoms with van der Waals surface area (Å²) < 4.78 is 45.0. The molecule has 0 atom stereocenters. The lowest BCUT2D eigenvalue weighted by molar-refractivity contribution is -0.113. The minimum absolute atomic E-state index is 0.135. The zero-order valence-corrected chi connectivity index (χ0v) is 19.5. The summed E-state index contributed by atoms with van der Waals surface area (Å²) in [5, 5.41) is 6.54. The number of carbonyl (C=O) groups is 1. The fourth-order valence-corrected chi connectivity index (χ4v) is 5.34. The van der Waals surface area contributed by atoms with Gasteiger partial charge in [-0.3, -0.25) is 9.48 Å².